The largest absolute Gasteiger partial charge is 0.444 e. The van der Waals surface area contributed by atoms with Crippen molar-refractivity contribution in [1.29, 1.82) is 0 Å². The minimum absolute atomic E-state index is 0.0210. The zero-order valence-corrected chi connectivity index (χ0v) is 13.7. The van der Waals surface area contributed by atoms with Crippen LogP contribution in [0.3, 0.4) is 0 Å². The summed E-state index contributed by atoms with van der Waals surface area (Å²) in [6.45, 7) is 8.03. The van der Waals surface area contributed by atoms with Crippen LogP contribution < -0.4 is 10.6 Å². The van der Waals surface area contributed by atoms with Crippen LogP contribution in [0.1, 0.15) is 40.0 Å². The van der Waals surface area contributed by atoms with Gasteiger partial charge in [0.05, 0.1) is 0 Å². The zero-order valence-electron chi connectivity index (χ0n) is 13.7. The van der Waals surface area contributed by atoms with E-state index in [1.165, 1.54) is 0 Å². The van der Waals surface area contributed by atoms with Gasteiger partial charge in [-0.2, -0.15) is 0 Å². The average molecular weight is 313 g/mol. The molecule has 0 aromatic heterocycles. The molecule has 2 aliphatic rings. The topological polar surface area (TPSA) is 79.9 Å². The lowest BCUT2D eigenvalue weighted by atomic mass is 10.1. The number of hydrogen-bond donors (Lipinski definition) is 2. The molecule has 0 aliphatic carbocycles. The summed E-state index contributed by atoms with van der Waals surface area (Å²) in [4.78, 5) is 25.6. The molecule has 7 heteroatoms. The maximum absolute atomic E-state index is 12.0. The second kappa shape index (κ2) is 7.17. The van der Waals surface area contributed by atoms with Crippen LogP contribution in [-0.4, -0.2) is 61.0 Å². The first-order valence-corrected chi connectivity index (χ1v) is 7.96. The third-order valence-electron chi connectivity index (χ3n) is 3.73. The summed E-state index contributed by atoms with van der Waals surface area (Å²) >= 11 is 0. The van der Waals surface area contributed by atoms with Crippen molar-refractivity contribution < 1.29 is 19.1 Å². The molecule has 2 heterocycles. The molecule has 0 aromatic rings. The van der Waals surface area contributed by atoms with E-state index in [2.05, 4.69) is 10.6 Å². The molecule has 0 radical (unpaired) electrons. The summed E-state index contributed by atoms with van der Waals surface area (Å²) < 4.78 is 10.6. The van der Waals surface area contributed by atoms with Crippen LogP contribution in [0.15, 0.2) is 0 Å². The van der Waals surface area contributed by atoms with E-state index in [4.69, 9.17) is 9.47 Å². The van der Waals surface area contributed by atoms with Crippen molar-refractivity contribution in [2.24, 2.45) is 0 Å². The highest BCUT2D eigenvalue weighted by Crippen LogP contribution is 2.15. The van der Waals surface area contributed by atoms with Crippen LogP contribution in [-0.2, 0) is 9.47 Å². The second-order valence-electron chi connectivity index (χ2n) is 6.92. The standard InChI is InChI=1S/C15H27N3O4/c1-15(2,3)22-14(20)18-7-4-12(10-18)17-13(19)16-11-5-8-21-9-6-11/h11-12H,4-10H2,1-3H3,(H2,16,17,19). The summed E-state index contributed by atoms with van der Waals surface area (Å²) in [5, 5.41) is 5.90. The van der Waals surface area contributed by atoms with Crippen molar-refractivity contribution in [3.63, 3.8) is 0 Å². The Morgan fingerprint density at radius 2 is 1.73 bits per heavy atom. The van der Waals surface area contributed by atoms with Gasteiger partial charge in [-0.05, 0) is 40.0 Å². The SMILES string of the molecule is CC(C)(C)OC(=O)N1CCC(NC(=O)NC2CCOCC2)C1. The molecule has 2 N–H and O–H groups in total. The van der Waals surface area contributed by atoms with Crippen molar-refractivity contribution >= 4 is 12.1 Å². The number of urea groups is 1. The van der Waals surface area contributed by atoms with E-state index in [1.54, 1.807) is 4.90 Å². The first-order valence-electron chi connectivity index (χ1n) is 7.96. The smallest absolute Gasteiger partial charge is 0.410 e. The van der Waals surface area contributed by atoms with Gasteiger partial charge in [-0.15, -0.1) is 0 Å². The van der Waals surface area contributed by atoms with E-state index in [9.17, 15) is 9.59 Å². The molecular weight excluding hydrogens is 286 g/mol. The Kier molecular flexibility index (Phi) is 5.50. The number of nitrogens with zero attached hydrogens (tertiary/aromatic N) is 1. The highest BCUT2D eigenvalue weighted by molar-refractivity contribution is 5.75. The molecule has 2 rings (SSSR count). The number of rotatable bonds is 2. The summed E-state index contributed by atoms with van der Waals surface area (Å²) in [7, 11) is 0. The molecule has 2 aliphatic heterocycles. The van der Waals surface area contributed by atoms with Gasteiger partial charge in [-0.3, -0.25) is 0 Å². The molecular formula is C15H27N3O4. The predicted octanol–water partition coefficient (Wildman–Crippen LogP) is 1.47. The fourth-order valence-corrected chi connectivity index (χ4v) is 2.62. The predicted molar refractivity (Wildman–Crippen MR) is 81.7 cm³/mol. The minimum atomic E-state index is -0.497. The van der Waals surface area contributed by atoms with Gasteiger partial charge < -0.3 is 25.0 Å². The Labute approximate surface area is 131 Å². The van der Waals surface area contributed by atoms with Crippen LogP contribution in [0, 0.1) is 0 Å². The minimum Gasteiger partial charge on any atom is -0.444 e. The number of hydrogen-bond acceptors (Lipinski definition) is 4. The van der Waals surface area contributed by atoms with Crippen molar-refractivity contribution in [1.82, 2.24) is 15.5 Å². The van der Waals surface area contributed by atoms with E-state index in [0.717, 1.165) is 19.3 Å². The highest BCUT2D eigenvalue weighted by Gasteiger charge is 2.30. The van der Waals surface area contributed by atoms with Crippen LogP contribution >= 0.6 is 0 Å². The Morgan fingerprint density at radius 3 is 2.36 bits per heavy atom. The Bertz CT molecular complexity index is 402. The van der Waals surface area contributed by atoms with E-state index in [0.29, 0.717) is 26.3 Å². The van der Waals surface area contributed by atoms with Crippen molar-refractivity contribution in [2.75, 3.05) is 26.3 Å². The number of ether oxygens (including phenoxy) is 2. The molecule has 0 spiro atoms. The molecule has 0 bridgehead atoms. The third-order valence-corrected chi connectivity index (χ3v) is 3.73. The van der Waals surface area contributed by atoms with Crippen molar-refractivity contribution in [3.8, 4) is 0 Å². The summed E-state index contributed by atoms with van der Waals surface area (Å²) in [5.41, 5.74) is -0.497. The lowest BCUT2D eigenvalue weighted by Gasteiger charge is -2.25. The molecule has 0 aromatic carbocycles. The maximum Gasteiger partial charge on any atom is 0.410 e. The third kappa shape index (κ3) is 5.36. The molecule has 22 heavy (non-hydrogen) atoms. The van der Waals surface area contributed by atoms with Gasteiger partial charge in [-0.1, -0.05) is 0 Å². The van der Waals surface area contributed by atoms with Gasteiger partial charge >= 0.3 is 12.1 Å². The number of amides is 3. The van der Waals surface area contributed by atoms with Crippen molar-refractivity contribution in [2.45, 2.75) is 57.7 Å². The van der Waals surface area contributed by atoms with Gasteiger partial charge in [0.25, 0.3) is 0 Å². The molecule has 2 saturated heterocycles. The fourth-order valence-electron chi connectivity index (χ4n) is 2.62. The molecule has 3 amide bonds. The molecule has 126 valence electrons. The Morgan fingerprint density at radius 1 is 1.09 bits per heavy atom. The first-order chi connectivity index (χ1) is 10.3. The quantitative estimate of drug-likeness (QED) is 0.809. The van der Waals surface area contributed by atoms with Crippen molar-refractivity contribution in [3.05, 3.63) is 0 Å². The van der Waals surface area contributed by atoms with Gasteiger partial charge in [-0.25, -0.2) is 9.59 Å². The lowest BCUT2D eigenvalue weighted by molar-refractivity contribution is 0.0291. The Hall–Kier alpha value is -1.50. The van der Waals surface area contributed by atoms with Crippen LogP contribution in [0.5, 0.6) is 0 Å². The van der Waals surface area contributed by atoms with Crippen LogP contribution in [0.4, 0.5) is 9.59 Å². The van der Waals surface area contributed by atoms with Gasteiger partial charge in [0.2, 0.25) is 0 Å². The maximum atomic E-state index is 12.0. The van der Waals surface area contributed by atoms with Crippen LogP contribution in [0.2, 0.25) is 0 Å². The summed E-state index contributed by atoms with van der Waals surface area (Å²) in [6, 6.07) is -0.00703. The summed E-state index contributed by atoms with van der Waals surface area (Å²) in [5.74, 6) is 0. The molecule has 7 nitrogen and oxygen atoms in total. The highest BCUT2D eigenvalue weighted by atomic mass is 16.6. The molecule has 0 saturated carbocycles. The molecule has 1 atom stereocenters. The molecule has 2 fully saturated rings. The van der Waals surface area contributed by atoms with Crippen LogP contribution in [0.25, 0.3) is 0 Å². The molecule has 1 unspecified atom stereocenters. The van der Waals surface area contributed by atoms with E-state index < -0.39 is 5.60 Å². The normalized spacial score (nSPS) is 23.2. The average Bonchev–Trinajstić information content (AvgIpc) is 2.86. The van der Waals surface area contributed by atoms with Gasteiger partial charge in [0, 0.05) is 38.4 Å². The van der Waals surface area contributed by atoms with Gasteiger partial charge in [0.15, 0.2) is 0 Å². The van der Waals surface area contributed by atoms with Gasteiger partial charge in [0.1, 0.15) is 5.60 Å². The monoisotopic (exact) mass is 313 g/mol. The van der Waals surface area contributed by atoms with E-state index in [1.807, 2.05) is 20.8 Å². The lowest BCUT2D eigenvalue weighted by Crippen LogP contribution is -2.48. The van der Waals surface area contributed by atoms with E-state index >= 15 is 0 Å². The second-order valence-corrected chi connectivity index (χ2v) is 6.92. The van der Waals surface area contributed by atoms with E-state index in [-0.39, 0.29) is 24.2 Å². The first kappa shape index (κ1) is 16.9. The summed E-state index contributed by atoms with van der Waals surface area (Å²) in [6.07, 6.45) is 2.13. The number of nitrogens with one attached hydrogen (secondary N) is 2. The number of carbonyl (C=O) groups excluding carboxylic acids is 2. The zero-order chi connectivity index (χ0) is 16.2. The fraction of sp³-hybridized carbons (Fsp3) is 0.867. The number of likely N-dealkylation sites (tertiary alicyclic amines) is 1. The number of carbonyl (C=O) groups is 2. The Balaban J connectivity index is 1.71.